The Hall–Kier alpha value is -0.470. The lowest BCUT2D eigenvalue weighted by Gasteiger charge is -2.11. The Balaban J connectivity index is 2.18. The van der Waals surface area contributed by atoms with Gasteiger partial charge in [-0.15, -0.1) is 11.8 Å². The fourth-order valence-corrected chi connectivity index (χ4v) is 2.04. The highest BCUT2D eigenvalue weighted by Crippen LogP contribution is 2.39. The van der Waals surface area contributed by atoms with Crippen LogP contribution in [-0.4, -0.2) is 6.26 Å². The zero-order chi connectivity index (χ0) is 9.26. The molecule has 0 aliphatic heterocycles. The molecule has 70 valence electrons. The van der Waals surface area contributed by atoms with Gasteiger partial charge in [0.05, 0.1) is 0 Å². The summed E-state index contributed by atoms with van der Waals surface area (Å²) in [7, 11) is 0. The van der Waals surface area contributed by atoms with Crippen LogP contribution >= 0.6 is 11.8 Å². The lowest BCUT2D eigenvalue weighted by molar-refractivity contribution is 0.632. The van der Waals surface area contributed by atoms with Gasteiger partial charge in [-0.05, 0) is 42.7 Å². The molecule has 1 fully saturated rings. The molecule has 0 radical (unpaired) electrons. The van der Waals surface area contributed by atoms with E-state index in [0.717, 1.165) is 5.92 Å². The Labute approximate surface area is 83.7 Å². The summed E-state index contributed by atoms with van der Waals surface area (Å²) in [6, 6.07) is 8.86. The third-order valence-corrected chi connectivity index (χ3v) is 3.33. The summed E-state index contributed by atoms with van der Waals surface area (Å²) in [4.78, 5) is 1.31. The van der Waals surface area contributed by atoms with Gasteiger partial charge in [0.15, 0.2) is 0 Å². The Bertz CT molecular complexity index is 294. The van der Waals surface area contributed by atoms with Crippen LogP contribution in [0.15, 0.2) is 29.2 Å². The van der Waals surface area contributed by atoms with Crippen molar-refractivity contribution in [1.29, 1.82) is 0 Å². The first-order valence-corrected chi connectivity index (χ1v) is 5.93. The third-order valence-electron chi connectivity index (χ3n) is 2.61. The van der Waals surface area contributed by atoms with Gasteiger partial charge in [0.1, 0.15) is 0 Å². The summed E-state index contributed by atoms with van der Waals surface area (Å²) in [6.07, 6.45) is 4.72. The second kappa shape index (κ2) is 3.72. The lowest BCUT2D eigenvalue weighted by atomic mass is 10.0. The molecule has 0 unspecified atom stereocenters. The summed E-state index contributed by atoms with van der Waals surface area (Å²) in [5, 5.41) is 0. The third kappa shape index (κ3) is 2.06. The topological polar surface area (TPSA) is 26.0 Å². The monoisotopic (exact) mass is 193 g/mol. The van der Waals surface area contributed by atoms with Gasteiger partial charge in [0.2, 0.25) is 0 Å². The van der Waals surface area contributed by atoms with Crippen LogP contribution in [0.3, 0.4) is 0 Å². The molecule has 2 N–H and O–H groups in total. The predicted octanol–water partition coefficient (Wildman–Crippen LogP) is 2.82. The average Bonchev–Trinajstić information content (AvgIpc) is 3.00. The van der Waals surface area contributed by atoms with Crippen LogP contribution in [0.2, 0.25) is 0 Å². The summed E-state index contributed by atoms with van der Waals surface area (Å²) >= 11 is 1.78. The fourth-order valence-electron chi connectivity index (χ4n) is 1.58. The lowest BCUT2D eigenvalue weighted by Crippen LogP contribution is -2.12. The zero-order valence-corrected chi connectivity index (χ0v) is 8.68. The molecule has 0 saturated heterocycles. The van der Waals surface area contributed by atoms with Crippen molar-refractivity contribution in [3.8, 4) is 0 Å². The summed E-state index contributed by atoms with van der Waals surface area (Å²) < 4.78 is 0. The van der Waals surface area contributed by atoms with Crippen LogP contribution in [0.25, 0.3) is 0 Å². The smallest absolute Gasteiger partial charge is 0.0323 e. The van der Waals surface area contributed by atoms with Crippen molar-refractivity contribution in [2.45, 2.75) is 23.8 Å². The first kappa shape index (κ1) is 9.10. The largest absolute Gasteiger partial charge is 0.324 e. The van der Waals surface area contributed by atoms with E-state index in [9.17, 15) is 0 Å². The summed E-state index contributed by atoms with van der Waals surface area (Å²) in [6.45, 7) is 0. The first-order chi connectivity index (χ1) is 6.31. The van der Waals surface area contributed by atoms with Crippen LogP contribution in [0, 0.1) is 5.92 Å². The summed E-state index contributed by atoms with van der Waals surface area (Å²) in [5.41, 5.74) is 7.41. The van der Waals surface area contributed by atoms with Crippen LogP contribution in [0.5, 0.6) is 0 Å². The number of benzene rings is 1. The quantitative estimate of drug-likeness (QED) is 0.747. The van der Waals surface area contributed by atoms with Crippen molar-refractivity contribution >= 4 is 11.8 Å². The number of hydrogen-bond donors (Lipinski definition) is 1. The second-order valence-electron chi connectivity index (χ2n) is 3.64. The maximum atomic E-state index is 6.11. The maximum absolute atomic E-state index is 6.11. The van der Waals surface area contributed by atoms with E-state index in [1.165, 1.54) is 23.3 Å². The molecule has 0 heterocycles. The molecule has 1 nitrogen and oxygen atoms in total. The van der Waals surface area contributed by atoms with Crippen LogP contribution in [-0.2, 0) is 0 Å². The SMILES string of the molecule is CSc1cccc([C@@H](N)C2CC2)c1. The second-order valence-corrected chi connectivity index (χ2v) is 4.52. The van der Waals surface area contributed by atoms with Gasteiger partial charge in [-0.1, -0.05) is 12.1 Å². The van der Waals surface area contributed by atoms with Gasteiger partial charge in [-0.25, -0.2) is 0 Å². The average molecular weight is 193 g/mol. The Morgan fingerprint density at radius 2 is 2.23 bits per heavy atom. The van der Waals surface area contributed by atoms with E-state index in [1.54, 1.807) is 11.8 Å². The van der Waals surface area contributed by atoms with Crippen LogP contribution in [0.1, 0.15) is 24.4 Å². The van der Waals surface area contributed by atoms with E-state index >= 15 is 0 Å². The molecule has 1 aliphatic rings. The van der Waals surface area contributed by atoms with Gasteiger partial charge in [-0.3, -0.25) is 0 Å². The molecule has 1 saturated carbocycles. The van der Waals surface area contributed by atoms with E-state index in [-0.39, 0.29) is 6.04 Å². The molecule has 1 aliphatic carbocycles. The molecule has 1 aromatic carbocycles. The van der Waals surface area contributed by atoms with E-state index in [0.29, 0.717) is 0 Å². The Kier molecular flexibility index (Phi) is 2.61. The van der Waals surface area contributed by atoms with Crippen molar-refractivity contribution in [2.75, 3.05) is 6.26 Å². The molecule has 1 atom stereocenters. The Morgan fingerprint density at radius 3 is 2.85 bits per heavy atom. The fraction of sp³-hybridized carbons (Fsp3) is 0.455. The number of rotatable bonds is 3. The molecule has 1 aromatic rings. The van der Waals surface area contributed by atoms with E-state index in [1.807, 2.05) is 0 Å². The highest BCUT2D eigenvalue weighted by molar-refractivity contribution is 7.98. The minimum absolute atomic E-state index is 0.270. The Morgan fingerprint density at radius 1 is 1.46 bits per heavy atom. The van der Waals surface area contributed by atoms with Crippen molar-refractivity contribution in [2.24, 2.45) is 11.7 Å². The first-order valence-electron chi connectivity index (χ1n) is 4.71. The van der Waals surface area contributed by atoms with Crippen molar-refractivity contribution in [1.82, 2.24) is 0 Å². The summed E-state index contributed by atoms with van der Waals surface area (Å²) in [5.74, 6) is 0.747. The van der Waals surface area contributed by atoms with Crippen molar-refractivity contribution in [3.63, 3.8) is 0 Å². The highest BCUT2D eigenvalue weighted by atomic mass is 32.2. The van der Waals surface area contributed by atoms with Gasteiger partial charge in [0.25, 0.3) is 0 Å². The van der Waals surface area contributed by atoms with Gasteiger partial charge in [-0.2, -0.15) is 0 Å². The van der Waals surface area contributed by atoms with Gasteiger partial charge >= 0.3 is 0 Å². The number of hydrogen-bond acceptors (Lipinski definition) is 2. The minimum Gasteiger partial charge on any atom is -0.324 e. The highest BCUT2D eigenvalue weighted by Gasteiger charge is 2.29. The predicted molar refractivity (Wildman–Crippen MR) is 57.9 cm³/mol. The molecular formula is C11H15NS. The molecule has 13 heavy (non-hydrogen) atoms. The minimum atomic E-state index is 0.270. The molecule has 0 amide bonds. The van der Waals surface area contributed by atoms with Crippen LogP contribution in [0.4, 0.5) is 0 Å². The standard InChI is InChI=1S/C11H15NS/c1-13-10-4-2-3-9(7-10)11(12)8-5-6-8/h2-4,7-8,11H,5-6,12H2,1H3/t11-/m0/s1. The van der Waals surface area contributed by atoms with E-state index < -0.39 is 0 Å². The molecule has 2 heteroatoms. The molecule has 0 bridgehead atoms. The van der Waals surface area contributed by atoms with Crippen molar-refractivity contribution in [3.05, 3.63) is 29.8 Å². The van der Waals surface area contributed by atoms with E-state index in [4.69, 9.17) is 5.73 Å². The number of nitrogens with two attached hydrogens (primary N) is 1. The molecule has 0 aromatic heterocycles. The maximum Gasteiger partial charge on any atom is 0.0323 e. The van der Waals surface area contributed by atoms with Gasteiger partial charge < -0.3 is 5.73 Å². The number of thioether (sulfide) groups is 1. The van der Waals surface area contributed by atoms with E-state index in [2.05, 4.69) is 30.5 Å². The molecular weight excluding hydrogens is 178 g/mol. The van der Waals surface area contributed by atoms with Crippen molar-refractivity contribution < 1.29 is 0 Å². The molecule has 2 rings (SSSR count). The normalized spacial score (nSPS) is 18.6. The van der Waals surface area contributed by atoms with Crippen LogP contribution < -0.4 is 5.73 Å². The van der Waals surface area contributed by atoms with Gasteiger partial charge in [0, 0.05) is 10.9 Å². The molecule has 0 spiro atoms. The zero-order valence-electron chi connectivity index (χ0n) is 7.86.